The van der Waals surface area contributed by atoms with Crippen LogP contribution in [0.3, 0.4) is 0 Å². The molecule has 0 amide bonds. The molecule has 2 aromatic heterocycles. The normalized spacial score (nSPS) is 11.0. The van der Waals surface area contributed by atoms with E-state index in [9.17, 15) is 14.7 Å². The van der Waals surface area contributed by atoms with Crippen LogP contribution in [0.4, 0.5) is 0 Å². The molecule has 5 nitrogen and oxygen atoms in total. The minimum atomic E-state index is -0.693. The summed E-state index contributed by atoms with van der Waals surface area (Å²) < 4.78 is 5.21. The number of furan rings is 1. The highest BCUT2D eigenvalue weighted by Crippen LogP contribution is 2.28. The first-order valence-corrected chi connectivity index (χ1v) is 6.51. The molecule has 0 radical (unpaired) electrons. The number of carbonyl (C=O) groups excluding carboxylic acids is 1. The number of hydrogen-bond donors (Lipinski definition) is 2. The molecule has 0 spiro atoms. The van der Waals surface area contributed by atoms with E-state index in [0.717, 1.165) is 0 Å². The number of pyridine rings is 1. The van der Waals surface area contributed by atoms with Crippen LogP contribution in [0.25, 0.3) is 10.9 Å². The van der Waals surface area contributed by atoms with Gasteiger partial charge in [0, 0.05) is 10.4 Å². The maximum absolute atomic E-state index is 12.3. The van der Waals surface area contributed by atoms with Gasteiger partial charge in [-0.25, -0.2) is 0 Å². The Labute approximate surface area is 123 Å². The number of nitrogens with one attached hydrogen (secondary N) is 1. The summed E-state index contributed by atoms with van der Waals surface area (Å²) in [5, 5.41) is 11.0. The van der Waals surface area contributed by atoms with E-state index in [1.165, 1.54) is 18.2 Å². The second kappa shape index (κ2) is 4.79. The Hall–Kier alpha value is -2.53. The van der Waals surface area contributed by atoms with Crippen molar-refractivity contribution in [2.45, 2.75) is 6.92 Å². The average Bonchev–Trinajstić information content (AvgIpc) is 2.84. The standard InChI is InChI=1S/C15H10ClNO4/c1-7-2-5-11(21-7)14(19)12-13(18)9-4-3-8(16)6-10(9)17-15(12)20/h2-6H,1H3,(H2,17,18,20). The molecule has 0 fully saturated rings. The number of aromatic hydroxyl groups is 1. The molecular weight excluding hydrogens is 294 g/mol. The molecule has 0 atom stereocenters. The number of ketones is 1. The maximum atomic E-state index is 12.3. The van der Waals surface area contributed by atoms with Crippen molar-refractivity contribution in [3.8, 4) is 5.75 Å². The van der Waals surface area contributed by atoms with E-state index in [2.05, 4.69) is 4.98 Å². The van der Waals surface area contributed by atoms with E-state index in [1.54, 1.807) is 19.1 Å². The first-order valence-electron chi connectivity index (χ1n) is 6.13. The Morgan fingerprint density at radius 3 is 2.71 bits per heavy atom. The average molecular weight is 304 g/mol. The molecule has 0 saturated carbocycles. The zero-order valence-corrected chi connectivity index (χ0v) is 11.7. The molecule has 3 aromatic rings. The van der Waals surface area contributed by atoms with E-state index in [1.807, 2.05) is 0 Å². The van der Waals surface area contributed by atoms with Crippen molar-refractivity contribution >= 4 is 28.3 Å². The van der Waals surface area contributed by atoms with Crippen molar-refractivity contribution in [3.63, 3.8) is 0 Å². The minimum Gasteiger partial charge on any atom is -0.506 e. The van der Waals surface area contributed by atoms with Gasteiger partial charge >= 0.3 is 0 Å². The Balaban J connectivity index is 2.26. The first kappa shape index (κ1) is 13.5. The van der Waals surface area contributed by atoms with Gasteiger partial charge in [-0.15, -0.1) is 0 Å². The molecule has 0 aliphatic carbocycles. The molecule has 106 valence electrons. The summed E-state index contributed by atoms with van der Waals surface area (Å²) >= 11 is 5.84. The fourth-order valence-electron chi connectivity index (χ4n) is 2.14. The lowest BCUT2D eigenvalue weighted by atomic mass is 10.1. The second-order valence-corrected chi connectivity index (χ2v) is 5.04. The van der Waals surface area contributed by atoms with Crippen molar-refractivity contribution in [1.29, 1.82) is 0 Å². The molecule has 2 N–H and O–H groups in total. The van der Waals surface area contributed by atoms with Gasteiger partial charge in [0.25, 0.3) is 5.56 Å². The van der Waals surface area contributed by atoms with Crippen LogP contribution in [0, 0.1) is 6.92 Å². The van der Waals surface area contributed by atoms with Crippen LogP contribution in [-0.2, 0) is 0 Å². The van der Waals surface area contributed by atoms with Crippen LogP contribution < -0.4 is 5.56 Å². The van der Waals surface area contributed by atoms with E-state index in [-0.39, 0.29) is 17.1 Å². The van der Waals surface area contributed by atoms with Gasteiger partial charge in [-0.1, -0.05) is 11.6 Å². The van der Waals surface area contributed by atoms with Gasteiger partial charge in [0.2, 0.25) is 5.78 Å². The highest BCUT2D eigenvalue weighted by molar-refractivity contribution is 6.31. The monoisotopic (exact) mass is 303 g/mol. The summed E-state index contributed by atoms with van der Waals surface area (Å²) in [4.78, 5) is 26.9. The number of halogens is 1. The highest BCUT2D eigenvalue weighted by Gasteiger charge is 2.22. The zero-order valence-electron chi connectivity index (χ0n) is 10.9. The van der Waals surface area contributed by atoms with E-state index in [0.29, 0.717) is 21.7 Å². The number of aromatic nitrogens is 1. The van der Waals surface area contributed by atoms with Crippen LogP contribution in [0.1, 0.15) is 21.9 Å². The number of aromatic amines is 1. The molecule has 6 heteroatoms. The lowest BCUT2D eigenvalue weighted by Gasteiger charge is -2.06. The summed E-state index contributed by atoms with van der Waals surface area (Å²) in [7, 11) is 0. The number of fused-ring (bicyclic) bond motifs is 1. The summed E-state index contributed by atoms with van der Waals surface area (Å²) in [5.74, 6) is -0.508. The molecule has 0 bridgehead atoms. The SMILES string of the molecule is Cc1ccc(C(=O)c2c(O)c3ccc(Cl)cc3[nH]c2=O)o1. The summed E-state index contributed by atoms with van der Waals surface area (Å²) in [6.07, 6.45) is 0. The predicted molar refractivity (Wildman–Crippen MR) is 78.1 cm³/mol. The third-order valence-electron chi connectivity index (χ3n) is 3.14. The third kappa shape index (κ3) is 2.21. The number of carbonyl (C=O) groups is 1. The van der Waals surface area contributed by atoms with Crippen LogP contribution in [0.15, 0.2) is 39.5 Å². The number of H-pyrrole nitrogens is 1. The molecule has 0 unspecified atom stereocenters. The van der Waals surface area contributed by atoms with Gasteiger partial charge in [0.05, 0.1) is 5.52 Å². The topological polar surface area (TPSA) is 83.3 Å². The van der Waals surface area contributed by atoms with Gasteiger partial charge in [-0.2, -0.15) is 0 Å². The fraction of sp³-hybridized carbons (Fsp3) is 0.0667. The number of hydrogen-bond acceptors (Lipinski definition) is 4. The molecule has 2 heterocycles. The first-order chi connectivity index (χ1) is 9.97. The van der Waals surface area contributed by atoms with Gasteiger partial charge in [-0.3, -0.25) is 9.59 Å². The van der Waals surface area contributed by atoms with Crippen molar-refractivity contribution in [2.24, 2.45) is 0 Å². The summed E-state index contributed by atoms with van der Waals surface area (Å²) in [6, 6.07) is 7.67. The van der Waals surface area contributed by atoms with E-state index >= 15 is 0 Å². The van der Waals surface area contributed by atoms with Crippen LogP contribution in [0.5, 0.6) is 5.75 Å². The Bertz CT molecular complexity index is 923. The van der Waals surface area contributed by atoms with Crippen molar-refractivity contribution < 1.29 is 14.3 Å². The number of rotatable bonds is 2. The predicted octanol–water partition coefficient (Wildman–Crippen LogP) is 3.02. The smallest absolute Gasteiger partial charge is 0.263 e. The number of benzene rings is 1. The van der Waals surface area contributed by atoms with Crippen LogP contribution in [0.2, 0.25) is 5.02 Å². The van der Waals surface area contributed by atoms with Crippen LogP contribution in [-0.4, -0.2) is 15.9 Å². The highest BCUT2D eigenvalue weighted by atomic mass is 35.5. The second-order valence-electron chi connectivity index (χ2n) is 4.61. The van der Waals surface area contributed by atoms with Crippen LogP contribution >= 0.6 is 11.6 Å². The van der Waals surface area contributed by atoms with Crippen molar-refractivity contribution in [2.75, 3.05) is 0 Å². The Morgan fingerprint density at radius 1 is 1.29 bits per heavy atom. The molecular formula is C15H10ClNO4. The summed E-state index contributed by atoms with van der Waals surface area (Å²) in [6.45, 7) is 1.68. The van der Waals surface area contributed by atoms with Gasteiger partial charge < -0.3 is 14.5 Å². The van der Waals surface area contributed by atoms with E-state index < -0.39 is 11.3 Å². The summed E-state index contributed by atoms with van der Waals surface area (Å²) in [5.41, 5.74) is -0.683. The van der Waals surface area contributed by atoms with Gasteiger partial charge in [0.1, 0.15) is 17.1 Å². The molecule has 3 rings (SSSR count). The molecule has 0 aliphatic rings. The molecule has 0 aliphatic heterocycles. The zero-order chi connectivity index (χ0) is 15.1. The minimum absolute atomic E-state index is 0.00149. The quantitative estimate of drug-likeness (QED) is 0.713. The number of aryl methyl sites for hydroxylation is 1. The maximum Gasteiger partial charge on any atom is 0.263 e. The largest absolute Gasteiger partial charge is 0.506 e. The molecule has 0 saturated heterocycles. The van der Waals surface area contributed by atoms with Gasteiger partial charge in [-0.05, 0) is 37.3 Å². The Kier molecular flexibility index (Phi) is 3.07. The van der Waals surface area contributed by atoms with E-state index in [4.69, 9.17) is 16.0 Å². The Morgan fingerprint density at radius 2 is 2.05 bits per heavy atom. The van der Waals surface area contributed by atoms with Gasteiger partial charge in [0.15, 0.2) is 5.76 Å². The molecule has 21 heavy (non-hydrogen) atoms. The fourth-order valence-corrected chi connectivity index (χ4v) is 2.32. The lowest BCUT2D eigenvalue weighted by Crippen LogP contribution is -2.18. The van der Waals surface area contributed by atoms with Crippen molar-refractivity contribution in [1.82, 2.24) is 4.98 Å². The van der Waals surface area contributed by atoms with Crippen molar-refractivity contribution in [3.05, 3.63) is 62.8 Å². The third-order valence-corrected chi connectivity index (χ3v) is 3.38. The lowest BCUT2D eigenvalue weighted by molar-refractivity contribution is 0.100. The molecule has 1 aromatic carbocycles.